The summed E-state index contributed by atoms with van der Waals surface area (Å²) < 4.78 is 1.96. The van der Waals surface area contributed by atoms with Crippen LogP contribution in [0.1, 0.15) is 38.1 Å². The van der Waals surface area contributed by atoms with Crippen LogP contribution in [0.25, 0.3) is 11.4 Å². The number of aryl methyl sites for hydroxylation is 1. The number of hydrogen-bond acceptors (Lipinski definition) is 4. The first kappa shape index (κ1) is 13.5. The molecule has 0 saturated heterocycles. The van der Waals surface area contributed by atoms with Gasteiger partial charge in [0.2, 0.25) is 0 Å². The zero-order chi connectivity index (χ0) is 14.0. The summed E-state index contributed by atoms with van der Waals surface area (Å²) in [5.41, 5.74) is 3.06. The van der Waals surface area contributed by atoms with Crippen LogP contribution in [0.4, 0.5) is 5.82 Å². The molecular weight excluding hydrogens is 238 g/mol. The topological polar surface area (TPSA) is 55.6 Å². The predicted octanol–water partition coefficient (Wildman–Crippen LogP) is 2.83. The zero-order valence-corrected chi connectivity index (χ0v) is 12.2. The van der Waals surface area contributed by atoms with Crippen LogP contribution in [-0.4, -0.2) is 26.8 Å². The molecule has 0 amide bonds. The number of rotatable bonds is 4. The summed E-state index contributed by atoms with van der Waals surface area (Å²) in [6, 6.07) is 2.00. The average molecular weight is 259 g/mol. The van der Waals surface area contributed by atoms with E-state index in [4.69, 9.17) is 4.98 Å². The summed E-state index contributed by atoms with van der Waals surface area (Å²) in [6.07, 6.45) is 1.81. The third kappa shape index (κ3) is 2.45. The molecule has 0 saturated carbocycles. The summed E-state index contributed by atoms with van der Waals surface area (Å²) in [4.78, 5) is 9.28. The third-order valence-corrected chi connectivity index (χ3v) is 3.18. The van der Waals surface area contributed by atoms with Crippen molar-refractivity contribution in [3.63, 3.8) is 0 Å². The molecule has 0 aromatic carbocycles. The number of aromatic nitrogens is 4. The van der Waals surface area contributed by atoms with Gasteiger partial charge in [0.15, 0.2) is 0 Å². The van der Waals surface area contributed by atoms with E-state index in [1.807, 2.05) is 30.9 Å². The molecule has 102 valence electrons. The highest BCUT2D eigenvalue weighted by Crippen LogP contribution is 2.27. The van der Waals surface area contributed by atoms with Crippen LogP contribution in [0.2, 0.25) is 0 Å². The Bertz CT molecular complexity index is 571. The van der Waals surface area contributed by atoms with E-state index in [9.17, 15) is 0 Å². The SMILES string of the molecule is CCn1nccc1-c1nc(C(C)C)nc(NC)c1C. The quantitative estimate of drug-likeness (QED) is 0.917. The first-order valence-corrected chi connectivity index (χ1v) is 6.66. The molecule has 2 rings (SSSR count). The Hall–Kier alpha value is -1.91. The Morgan fingerprint density at radius 3 is 2.63 bits per heavy atom. The van der Waals surface area contributed by atoms with Crippen molar-refractivity contribution < 1.29 is 0 Å². The van der Waals surface area contributed by atoms with Gasteiger partial charge in [-0.3, -0.25) is 4.68 Å². The van der Waals surface area contributed by atoms with Gasteiger partial charge in [-0.25, -0.2) is 9.97 Å². The van der Waals surface area contributed by atoms with Crippen LogP contribution in [0.15, 0.2) is 12.3 Å². The number of hydrogen-bond donors (Lipinski definition) is 1. The second-order valence-corrected chi connectivity index (χ2v) is 4.84. The van der Waals surface area contributed by atoms with Crippen molar-refractivity contribution in [2.24, 2.45) is 0 Å². The first-order valence-electron chi connectivity index (χ1n) is 6.66. The lowest BCUT2D eigenvalue weighted by atomic mass is 10.1. The number of nitrogens with zero attached hydrogens (tertiary/aromatic N) is 4. The number of anilines is 1. The molecule has 2 aromatic rings. The van der Waals surface area contributed by atoms with Crippen LogP contribution < -0.4 is 5.32 Å². The molecule has 5 nitrogen and oxygen atoms in total. The minimum absolute atomic E-state index is 0.296. The smallest absolute Gasteiger partial charge is 0.134 e. The molecule has 1 N–H and O–H groups in total. The van der Waals surface area contributed by atoms with Crippen LogP contribution in [0.3, 0.4) is 0 Å². The van der Waals surface area contributed by atoms with Gasteiger partial charge in [-0.1, -0.05) is 13.8 Å². The molecule has 0 fully saturated rings. The Balaban J connectivity index is 2.65. The van der Waals surface area contributed by atoms with E-state index in [-0.39, 0.29) is 0 Å². The van der Waals surface area contributed by atoms with E-state index in [2.05, 4.69) is 36.2 Å². The maximum atomic E-state index is 4.72. The highest BCUT2D eigenvalue weighted by molar-refractivity contribution is 5.65. The maximum Gasteiger partial charge on any atom is 0.134 e. The highest BCUT2D eigenvalue weighted by Gasteiger charge is 2.16. The fraction of sp³-hybridized carbons (Fsp3) is 0.500. The van der Waals surface area contributed by atoms with Gasteiger partial charge >= 0.3 is 0 Å². The maximum absolute atomic E-state index is 4.72. The summed E-state index contributed by atoms with van der Waals surface area (Å²) in [5.74, 6) is 2.04. The van der Waals surface area contributed by atoms with Gasteiger partial charge < -0.3 is 5.32 Å². The Morgan fingerprint density at radius 2 is 2.05 bits per heavy atom. The van der Waals surface area contributed by atoms with Gasteiger partial charge in [0.05, 0.1) is 11.4 Å². The van der Waals surface area contributed by atoms with Gasteiger partial charge in [0.1, 0.15) is 11.6 Å². The van der Waals surface area contributed by atoms with Crippen molar-refractivity contribution in [3.8, 4) is 11.4 Å². The molecule has 19 heavy (non-hydrogen) atoms. The first-order chi connectivity index (χ1) is 9.08. The lowest BCUT2D eigenvalue weighted by Gasteiger charge is -2.14. The molecule has 0 atom stereocenters. The van der Waals surface area contributed by atoms with Crippen LogP contribution in [0.5, 0.6) is 0 Å². The summed E-state index contributed by atoms with van der Waals surface area (Å²) in [5, 5.41) is 7.47. The Kier molecular flexibility index (Phi) is 3.83. The van der Waals surface area contributed by atoms with E-state index in [1.165, 1.54) is 0 Å². The molecule has 0 aliphatic carbocycles. The van der Waals surface area contributed by atoms with Crippen molar-refractivity contribution in [1.29, 1.82) is 0 Å². The van der Waals surface area contributed by atoms with Crippen molar-refractivity contribution in [2.75, 3.05) is 12.4 Å². The largest absolute Gasteiger partial charge is 0.373 e. The summed E-state index contributed by atoms with van der Waals surface area (Å²) in [6.45, 7) is 9.15. The van der Waals surface area contributed by atoms with Crippen LogP contribution in [-0.2, 0) is 6.54 Å². The van der Waals surface area contributed by atoms with Gasteiger partial charge in [-0.15, -0.1) is 0 Å². The molecule has 2 aromatic heterocycles. The number of nitrogens with one attached hydrogen (secondary N) is 1. The van der Waals surface area contributed by atoms with Crippen LogP contribution >= 0.6 is 0 Å². The fourth-order valence-corrected chi connectivity index (χ4v) is 2.07. The molecule has 0 unspecified atom stereocenters. The van der Waals surface area contributed by atoms with Gasteiger partial charge in [0, 0.05) is 31.3 Å². The predicted molar refractivity (Wildman–Crippen MR) is 77.3 cm³/mol. The zero-order valence-electron chi connectivity index (χ0n) is 12.2. The second-order valence-electron chi connectivity index (χ2n) is 4.84. The molecule has 0 bridgehead atoms. The highest BCUT2D eigenvalue weighted by atomic mass is 15.3. The second kappa shape index (κ2) is 5.38. The van der Waals surface area contributed by atoms with Crippen LogP contribution in [0, 0.1) is 6.92 Å². The van der Waals surface area contributed by atoms with Crippen molar-refractivity contribution in [2.45, 2.75) is 40.2 Å². The Morgan fingerprint density at radius 1 is 1.32 bits per heavy atom. The van der Waals surface area contributed by atoms with Gasteiger partial charge in [-0.05, 0) is 19.9 Å². The molecule has 0 aliphatic heterocycles. The molecule has 2 heterocycles. The fourth-order valence-electron chi connectivity index (χ4n) is 2.07. The Labute approximate surface area is 114 Å². The van der Waals surface area contributed by atoms with Crippen molar-refractivity contribution >= 4 is 5.82 Å². The lowest BCUT2D eigenvalue weighted by molar-refractivity contribution is 0.663. The minimum Gasteiger partial charge on any atom is -0.373 e. The molecule has 0 aliphatic rings. The van der Waals surface area contributed by atoms with Crippen molar-refractivity contribution in [3.05, 3.63) is 23.7 Å². The van der Waals surface area contributed by atoms with E-state index >= 15 is 0 Å². The average Bonchev–Trinajstić information content (AvgIpc) is 2.86. The molecular formula is C14H21N5. The van der Waals surface area contributed by atoms with Gasteiger partial charge in [0.25, 0.3) is 0 Å². The van der Waals surface area contributed by atoms with Gasteiger partial charge in [-0.2, -0.15) is 5.10 Å². The van der Waals surface area contributed by atoms with E-state index in [1.54, 1.807) is 0 Å². The van der Waals surface area contributed by atoms with E-state index < -0.39 is 0 Å². The molecule has 0 spiro atoms. The normalized spacial score (nSPS) is 11.1. The third-order valence-electron chi connectivity index (χ3n) is 3.18. The minimum atomic E-state index is 0.296. The standard InChI is InChI=1S/C14H21N5/c1-6-19-11(7-8-16-19)12-10(4)14(15-5)18-13(17-12)9(2)3/h7-9H,6H2,1-5H3,(H,15,17,18). The summed E-state index contributed by atoms with van der Waals surface area (Å²) >= 11 is 0. The molecule has 0 radical (unpaired) electrons. The van der Waals surface area contributed by atoms with E-state index in [0.29, 0.717) is 5.92 Å². The van der Waals surface area contributed by atoms with E-state index in [0.717, 1.165) is 35.1 Å². The summed E-state index contributed by atoms with van der Waals surface area (Å²) in [7, 11) is 1.89. The lowest BCUT2D eigenvalue weighted by Crippen LogP contribution is -2.09. The molecule has 5 heteroatoms. The monoisotopic (exact) mass is 259 g/mol. The van der Waals surface area contributed by atoms with Crippen molar-refractivity contribution in [1.82, 2.24) is 19.7 Å².